The van der Waals surface area contributed by atoms with Gasteiger partial charge in [0.1, 0.15) is 17.2 Å². The lowest BCUT2D eigenvalue weighted by molar-refractivity contribution is 0.438. The van der Waals surface area contributed by atoms with Gasteiger partial charge in [0.05, 0.1) is 5.69 Å². The number of phenols is 1. The molecule has 0 aromatic heterocycles. The minimum atomic E-state index is -0.171. The molecule has 2 aromatic rings. The zero-order valence-corrected chi connectivity index (χ0v) is 12.0. The Balaban J connectivity index is 2.35. The molecule has 0 unspecified atom stereocenters. The van der Waals surface area contributed by atoms with Gasteiger partial charge in [-0.05, 0) is 41.8 Å². The second-order valence-electron chi connectivity index (χ2n) is 5.83. The fourth-order valence-corrected chi connectivity index (χ4v) is 1.97. The molecule has 0 fully saturated rings. The van der Waals surface area contributed by atoms with Crippen molar-refractivity contribution >= 4 is 11.4 Å². The molecule has 2 rings (SSSR count). The monoisotopic (exact) mass is 272 g/mol. The Morgan fingerprint density at radius 2 is 1.70 bits per heavy atom. The van der Waals surface area contributed by atoms with Gasteiger partial charge in [0.15, 0.2) is 0 Å². The molecule has 4 nitrogen and oxygen atoms in total. The molecule has 0 amide bonds. The first kappa shape index (κ1) is 14.1. The number of hydrogen-bond donors (Lipinski definition) is 3. The summed E-state index contributed by atoms with van der Waals surface area (Å²) in [5.74, 6) is 1.43. The molecule has 4 heteroatoms. The molecule has 20 heavy (non-hydrogen) atoms. The third kappa shape index (κ3) is 2.96. The first-order chi connectivity index (χ1) is 9.27. The molecule has 0 saturated heterocycles. The van der Waals surface area contributed by atoms with E-state index in [-0.39, 0.29) is 11.2 Å². The highest BCUT2D eigenvalue weighted by molar-refractivity contribution is 5.61. The zero-order chi connectivity index (χ0) is 14.9. The van der Waals surface area contributed by atoms with Crippen molar-refractivity contribution in [3.8, 4) is 17.2 Å². The van der Waals surface area contributed by atoms with Gasteiger partial charge in [-0.15, -0.1) is 0 Å². The highest BCUT2D eigenvalue weighted by Gasteiger charge is 2.19. The number of benzene rings is 2. The van der Waals surface area contributed by atoms with Gasteiger partial charge in [0, 0.05) is 11.3 Å². The van der Waals surface area contributed by atoms with Crippen molar-refractivity contribution in [1.82, 2.24) is 0 Å². The average Bonchev–Trinajstić information content (AvgIpc) is 2.33. The maximum absolute atomic E-state index is 9.93. The van der Waals surface area contributed by atoms with Gasteiger partial charge in [-0.2, -0.15) is 0 Å². The van der Waals surface area contributed by atoms with E-state index in [1.807, 2.05) is 26.8 Å². The molecule has 5 N–H and O–H groups in total. The lowest BCUT2D eigenvalue weighted by Gasteiger charge is -2.21. The second-order valence-corrected chi connectivity index (χ2v) is 5.83. The van der Waals surface area contributed by atoms with E-state index in [4.69, 9.17) is 16.2 Å². The van der Waals surface area contributed by atoms with Gasteiger partial charge in [-0.3, -0.25) is 0 Å². The number of ether oxygens (including phenoxy) is 1. The van der Waals surface area contributed by atoms with Gasteiger partial charge < -0.3 is 21.3 Å². The van der Waals surface area contributed by atoms with Crippen LogP contribution in [-0.4, -0.2) is 5.11 Å². The van der Waals surface area contributed by atoms with E-state index in [1.165, 1.54) is 0 Å². The van der Waals surface area contributed by atoms with E-state index >= 15 is 0 Å². The van der Waals surface area contributed by atoms with Gasteiger partial charge in [0.2, 0.25) is 0 Å². The molecule has 106 valence electrons. The van der Waals surface area contributed by atoms with Crippen LogP contribution < -0.4 is 16.2 Å². The zero-order valence-electron chi connectivity index (χ0n) is 12.0. The molecule has 0 spiro atoms. The number of hydrogen-bond acceptors (Lipinski definition) is 4. The minimum absolute atomic E-state index is 0.171. The minimum Gasteiger partial charge on any atom is -0.508 e. The van der Waals surface area contributed by atoms with Crippen molar-refractivity contribution in [2.24, 2.45) is 0 Å². The van der Waals surface area contributed by atoms with E-state index in [9.17, 15) is 5.11 Å². The maximum Gasteiger partial charge on any atom is 0.150 e. The summed E-state index contributed by atoms with van der Waals surface area (Å²) < 4.78 is 5.76. The van der Waals surface area contributed by atoms with Crippen LogP contribution in [-0.2, 0) is 5.41 Å². The van der Waals surface area contributed by atoms with Crippen LogP contribution in [0.2, 0.25) is 0 Å². The Bertz CT molecular complexity index is 631. The highest BCUT2D eigenvalue weighted by atomic mass is 16.5. The van der Waals surface area contributed by atoms with Crippen LogP contribution >= 0.6 is 0 Å². The van der Waals surface area contributed by atoms with E-state index < -0.39 is 0 Å². The number of nitrogens with two attached hydrogens (primary N) is 2. The molecule has 0 radical (unpaired) electrons. The van der Waals surface area contributed by atoms with E-state index in [1.54, 1.807) is 30.3 Å². The summed E-state index contributed by atoms with van der Waals surface area (Å²) in [4.78, 5) is 0. The summed E-state index contributed by atoms with van der Waals surface area (Å²) in [7, 11) is 0. The Kier molecular flexibility index (Phi) is 3.49. The molecule has 2 aromatic carbocycles. The lowest BCUT2D eigenvalue weighted by Crippen LogP contribution is -2.11. The van der Waals surface area contributed by atoms with Crippen molar-refractivity contribution in [3.63, 3.8) is 0 Å². The first-order valence-electron chi connectivity index (χ1n) is 6.44. The number of anilines is 2. The Hall–Kier alpha value is -2.36. The van der Waals surface area contributed by atoms with Gasteiger partial charge in [-0.25, -0.2) is 0 Å². The SMILES string of the molecule is CC(C)(C)c1cc(Oc2ccc(N)cc2N)ccc1O. The normalized spacial score (nSPS) is 11.3. The van der Waals surface area contributed by atoms with Crippen LogP contribution in [0.15, 0.2) is 36.4 Å². The number of nitrogen functional groups attached to an aromatic ring is 2. The molecular weight excluding hydrogens is 252 g/mol. The molecular formula is C16H20N2O2. The smallest absolute Gasteiger partial charge is 0.150 e. The Morgan fingerprint density at radius 1 is 1.00 bits per heavy atom. The summed E-state index contributed by atoms with van der Waals surface area (Å²) in [6, 6.07) is 10.3. The van der Waals surface area contributed by atoms with Crippen LogP contribution in [0.25, 0.3) is 0 Å². The molecule has 0 bridgehead atoms. The van der Waals surface area contributed by atoms with Gasteiger partial charge >= 0.3 is 0 Å². The molecule has 0 atom stereocenters. The van der Waals surface area contributed by atoms with Crippen LogP contribution in [0, 0.1) is 0 Å². The van der Waals surface area contributed by atoms with Crippen LogP contribution in [0.1, 0.15) is 26.3 Å². The maximum atomic E-state index is 9.93. The van der Waals surface area contributed by atoms with Crippen molar-refractivity contribution in [2.75, 3.05) is 11.5 Å². The molecule has 0 aliphatic carbocycles. The van der Waals surface area contributed by atoms with Crippen LogP contribution in [0.5, 0.6) is 17.2 Å². The standard InChI is InChI=1S/C16H20N2O2/c1-16(2,3)12-9-11(5-6-14(12)19)20-15-7-4-10(17)8-13(15)18/h4-9,19H,17-18H2,1-3H3. The summed E-state index contributed by atoms with van der Waals surface area (Å²) in [6.45, 7) is 6.09. The highest BCUT2D eigenvalue weighted by Crippen LogP contribution is 2.36. The van der Waals surface area contributed by atoms with E-state index in [0.29, 0.717) is 22.9 Å². The molecule has 0 saturated carbocycles. The van der Waals surface area contributed by atoms with Crippen molar-refractivity contribution in [1.29, 1.82) is 0 Å². The lowest BCUT2D eigenvalue weighted by atomic mass is 9.86. The fourth-order valence-electron chi connectivity index (χ4n) is 1.97. The largest absolute Gasteiger partial charge is 0.508 e. The number of phenolic OH excluding ortho intramolecular Hbond substituents is 1. The van der Waals surface area contributed by atoms with Crippen molar-refractivity contribution in [2.45, 2.75) is 26.2 Å². The second kappa shape index (κ2) is 4.96. The first-order valence-corrected chi connectivity index (χ1v) is 6.44. The van der Waals surface area contributed by atoms with E-state index in [2.05, 4.69) is 0 Å². The molecule has 0 heterocycles. The fraction of sp³-hybridized carbons (Fsp3) is 0.250. The summed E-state index contributed by atoms with van der Waals surface area (Å²) in [5, 5.41) is 9.93. The topological polar surface area (TPSA) is 81.5 Å². The van der Waals surface area contributed by atoms with Gasteiger partial charge in [0.25, 0.3) is 0 Å². The van der Waals surface area contributed by atoms with Crippen LogP contribution in [0.4, 0.5) is 11.4 Å². The Morgan fingerprint density at radius 3 is 2.30 bits per heavy atom. The summed E-state index contributed by atoms with van der Waals surface area (Å²) in [5.41, 5.74) is 13.2. The third-order valence-electron chi connectivity index (χ3n) is 3.04. The quantitative estimate of drug-likeness (QED) is 0.729. The van der Waals surface area contributed by atoms with E-state index in [0.717, 1.165) is 5.56 Å². The van der Waals surface area contributed by atoms with Crippen LogP contribution in [0.3, 0.4) is 0 Å². The predicted molar refractivity (Wildman–Crippen MR) is 82.1 cm³/mol. The summed E-state index contributed by atoms with van der Waals surface area (Å²) in [6.07, 6.45) is 0. The number of aromatic hydroxyl groups is 1. The molecule has 0 aliphatic rings. The Labute approximate surface area is 119 Å². The molecule has 0 aliphatic heterocycles. The van der Waals surface area contributed by atoms with Crippen molar-refractivity contribution < 1.29 is 9.84 Å². The third-order valence-corrected chi connectivity index (χ3v) is 3.04. The number of rotatable bonds is 2. The van der Waals surface area contributed by atoms with Crippen molar-refractivity contribution in [3.05, 3.63) is 42.0 Å². The predicted octanol–water partition coefficient (Wildman–Crippen LogP) is 3.65. The van der Waals surface area contributed by atoms with Gasteiger partial charge in [-0.1, -0.05) is 20.8 Å². The summed E-state index contributed by atoms with van der Waals surface area (Å²) >= 11 is 0. The average molecular weight is 272 g/mol.